The summed E-state index contributed by atoms with van der Waals surface area (Å²) in [5.74, 6) is 2.62. The Morgan fingerprint density at radius 3 is 2.68 bits per heavy atom. The van der Waals surface area contributed by atoms with Crippen LogP contribution >= 0.6 is 11.8 Å². The van der Waals surface area contributed by atoms with E-state index in [1.807, 2.05) is 23.9 Å². The first-order valence-corrected chi connectivity index (χ1v) is 7.34. The van der Waals surface area contributed by atoms with E-state index < -0.39 is 0 Å². The fourth-order valence-corrected chi connectivity index (χ4v) is 2.31. The molecule has 0 saturated carbocycles. The molecule has 2 N–H and O–H groups in total. The average molecular weight is 275 g/mol. The highest BCUT2D eigenvalue weighted by molar-refractivity contribution is 7.98. The van der Waals surface area contributed by atoms with Crippen molar-refractivity contribution in [3.8, 4) is 0 Å². The minimum Gasteiger partial charge on any atom is -0.326 e. The summed E-state index contributed by atoms with van der Waals surface area (Å²) < 4.78 is 0. The second-order valence-corrected chi connectivity index (χ2v) is 5.47. The SMILES string of the molecule is CCSCc1ccc(Nc2nc(C)cc(=O)[nH]2)cc1. The van der Waals surface area contributed by atoms with Crippen LogP contribution in [-0.4, -0.2) is 15.7 Å². The van der Waals surface area contributed by atoms with E-state index in [9.17, 15) is 4.79 Å². The van der Waals surface area contributed by atoms with Gasteiger partial charge in [-0.25, -0.2) is 4.98 Å². The second kappa shape index (κ2) is 6.43. The van der Waals surface area contributed by atoms with Gasteiger partial charge in [0.15, 0.2) is 0 Å². The van der Waals surface area contributed by atoms with Crippen LogP contribution in [0.3, 0.4) is 0 Å². The Balaban J connectivity index is 2.08. The van der Waals surface area contributed by atoms with E-state index in [0.717, 1.165) is 17.2 Å². The van der Waals surface area contributed by atoms with Gasteiger partial charge in [0.2, 0.25) is 5.95 Å². The fraction of sp³-hybridized carbons (Fsp3) is 0.286. The van der Waals surface area contributed by atoms with Crippen LogP contribution in [0.2, 0.25) is 0 Å². The number of hydrogen-bond donors (Lipinski definition) is 2. The number of anilines is 2. The molecule has 4 nitrogen and oxygen atoms in total. The number of H-pyrrole nitrogens is 1. The molecule has 0 atom stereocenters. The highest BCUT2D eigenvalue weighted by Crippen LogP contribution is 2.16. The third-order valence-electron chi connectivity index (χ3n) is 2.56. The largest absolute Gasteiger partial charge is 0.326 e. The third-order valence-corrected chi connectivity index (χ3v) is 3.50. The van der Waals surface area contributed by atoms with E-state index in [1.165, 1.54) is 11.6 Å². The molecular formula is C14H17N3OS. The van der Waals surface area contributed by atoms with Crippen LogP contribution in [0.25, 0.3) is 0 Å². The Kier molecular flexibility index (Phi) is 4.63. The molecule has 2 rings (SSSR count). The van der Waals surface area contributed by atoms with Crippen LogP contribution in [0.4, 0.5) is 11.6 Å². The summed E-state index contributed by atoms with van der Waals surface area (Å²) in [5, 5.41) is 3.10. The summed E-state index contributed by atoms with van der Waals surface area (Å²) in [4.78, 5) is 18.2. The van der Waals surface area contributed by atoms with Gasteiger partial charge in [-0.05, 0) is 30.4 Å². The number of aryl methyl sites for hydroxylation is 1. The quantitative estimate of drug-likeness (QED) is 0.880. The number of hydrogen-bond acceptors (Lipinski definition) is 4. The molecular weight excluding hydrogens is 258 g/mol. The van der Waals surface area contributed by atoms with E-state index in [0.29, 0.717) is 11.6 Å². The van der Waals surface area contributed by atoms with E-state index in [2.05, 4.69) is 34.3 Å². The maximum Gasteiger partial charge on any atom is 0.252 e. The van der Waals surface area contributed by atoms with Gasteiger partial charge in [-0.1, -0.05) is 19.1 Å². The predicted octanol–water partition coefficient (Wildman–Crippen LogP) is 3.08. The maximum atomic E-state index is 11.3. The molecule has 1 heterocycles. The van der Waals surface area contributed by atoms with Gasteiger partial charge in [0.05, 0.1) is 0 Å². The molecule has 0 aliphatic carbocycles. The van der Waals surface area contributed by atoms with Gasteiger partial charge in [-0.15, -0.1) is 0 Å². The van der Waals surface area contributed by atoms with Gasteiger partial charge in [-0.3, -0.25) is 9.78 Å². The topological polar surface area (TPSA) is 57.8 Å². The van der Waals surface area contributed by atoms with Crippen LogP contribution in [0.1, 0.15) is 18.2 Å². The number of rotatable bonds is 5. The van der Waals surface area contributed by atoms with Crippen molar-refractivity contribution in [1.29, 1.82) is 0 Å². The Morgan fingerprint density at radius 1 is 1.32 bits per heavy atom. The number of nitrogens with zero attached hydrogens (tertiary/aromatic N) is 1. The number of benzene rings is 1. The van der Waals surface area contributed by atoms with Crippen molar-refractivity contribution < 1.29 is 0 Å². The molecule has 2 aromatic rings. The summed E-state index contributed by atoms with van der Waals surface area (Å²) in [7, 11) is 0. The van der Waals surface area contributed by atoms with Crippen molar-refractivity contribution in [2.45, 2.75) is 19.6 Å². The Labute approximate surface area is 116 Å². The zero-order valence-corrected chi connectivity index (χ0v) is 11.9. The molecule has 1 aromatic carbocycles. The molecule has 5 heteroatoms. The van der Waals surface area contributed by atoms with Gasteiger partial charge in [0.25, 0.3) is 5.56 Å². The highest BCUT2D eigenvalue weighted by Gasteiger charge is 1.99. The van der Waals surface area contributed by atoms with E-state index in [1.54, 1.807) is 6.92 Å². The van der Waals surface area contributed by atoms with Crippen molar-refractivity contribution in [3.05, 3.63) is 51.9 Å². The maximum absolute atomic E-state index is 11.3. The van der Waals surface area contributed by atoms with Crippen LogP contribution in [0.15, 0.2) is 35.1 Å². The lowest BCUT2D eigenvalue weighted by molar-refractivity contribution is 1.07. The van der Waals surface area contributed by atoms with E-state index >= 15 is 0 Å². The lowest BCUT2D eigenvalue weighted by Gasteiger charge is -2.07. The van der Waals surface area contributed by atoms with Crippen LogP contribution in [0, 0.1) is 6.92 Å². The summed E-state index contributed by atoms with van der Waals surface area (Å²) in [6.07, 6.45) is 0. The minimum atomic E-state index is -0.147. The molecule has 0 bridgehead atoms. The van der Waals surface area contributed by atoms with Crippen molar-refractivity contribution in [3.63, 3.8) is 0 Å². The molecule has 100 valence electrons. The van der Waals surface area contributed by atoms with Crippen molar-refractivity contribution in [2.75, 3.05) is 11.1 Å². The summed E-state index contributed by atoms with van der Waals surface area (Å²) in [5.41, 5.74) is 2.76. The Bertz CT molecular complexity index is 592. The number of aromatic amines is 1. The summed E-state index contributed by atoms with van der Waals surface area (Å²) in [6, 6.07) is 9.62. The predicted molar refractivity (Wildman–Crippen MR) is 81.2 cm³/mol. The van der Waals surface area contributed by atoms with Gasteiger partial charge >= 0.3 is 0 Å². The van der Waals surface area contributed by atoms with E-state index in [-0.39, 0.29) is 5.56 Å². The first-order chi connectivity index (χ1) is 9.17. The highest BCUT2D eigenvalue weighted by atomic mass is 32.2. The van der Waals surface area contributed by atoms with Crippen LogP contribution in [0.5, 0.6) is 0 Å². The number of nitrogens with one attached hydrogen (secondary N) is 2. The zero-order chi connectivity index (χ0) is 13.7. The van der Waals surface area contributed by atoms with Crippen LogP contribution in [-0.2, 0) is 5.75 Å². The number of thioether (sulfide) groups is 1. The number of aromatic nitrogens is 2. The molecule has 0 aliphatic heterocycles. The smallest absolute Gasteiger partial charge is 0.252 e. The van der Waals surface area contributed by atoms with Gasteiger partial charge < -0.3 is 5.32 Å². The van der Waals surface area contributed by atoms with Gasteiger partial charge in [0.1, 0.15) is 0 Å². The molecule has 0 amide bonds. The molecule has 0 unspecified atom stereocenters. The lowest BCUT2D eigenvalue weighted by Crippen LogP contribution is -2.10. The summed E-state index contributed by atoms with van der Waals surface area (Å²) >= 11 is 1.89. The molecule has 0 fully saturated rings. The first-order valence-electron chi connectivity index (χ1n) is 6.19. The van der Waals surface area contributed by atoms with Crippen molar-refractivity contribution in [2.24, 2.45) is 0 Å². The monoisotopic (exact) mass is 275 g/mol. The van der Waals surface area contributed by atoms with E-state index in [4.69, 9.17) is 0 Å². The molecule has 0 saturated heterocycles. The fourth-order valence-electron chi connectivity index (χ4n) is 1.68. The third kappa shape index (κ3) is 4.13. The Hall–Kier alpha value is -1.75. The average Bonchev–Trinajstić information content (AvgIpc) is 2.37. The minimum absolute atomic E-state index is 0.147. The summed E-state index contributed by atoms with van der Waals surface area (Å²) in [6.45, 7) is 3.95. The molecule has 0 radical (unpaired) electrons. The standard InChI is InChI=1S/C14H17N3OS/c1-3-19-9-11-4-6-12(7-5-11)16-14-15-10(2)8-13(18)17-14/h4-8H,3,9H2,1-2H3,(H2,15,16,17,18). The second-order valence-electron chi connectivity index (χ2n) is 4.19. The zero-order valence-electron chi connectivity index (χ0n) is 11.1. The van der Waals surface area contributed by atoms with Gasteiger partial charge in [0, 0.05) is 23.2 Å². The molecule has 1 aromatic heterocycles. The first kappa shape index (κ1) is 13.7. The van der Waals surface area contributed by atoms with Gasteiger partial charge in [-0.2, -0.15) is 11.8 Å². The van der Waals surface area contributed by atoms with Crippen molar-refractivity contribution >= 4 is 23.4 Å². The lowest BCUT2D eigenvalue weighted by atomic mass is 10.2. The molecule has 0 aliphatic rings. The van der Waals surface area contributed by atoms with Crippen molar-refractivity contribution in [1.82, 2.24) is 9.97 Å². The van der Waals surface area contributed by atoms with Crippen LogP contribution < -0.4 is 10.9 Å². The Morgan fingerprint density at radius 2 is 2.05 bits per heavy atom. The normalized spacial score (nSPS) is 10.4. The molecule has 0 spiro atoms. The molecule has 19 heavy (non-hydrogen) atoms.